The zero-order valence-corrected chi connectivity index (χ0v) is 14.0. The van der Waals surface area contributed by atoms with E-state index >= 15 is 0 Å². The van der Waals surface area contributed by atoms with Gasteiger partial charge in [-0.25, -0.2) is 9.97 Å². The normalized spacial score (nSPS) is 17.7. The molecule has 2 unspecified atom stereocenters. The van der Waals surface area contributed by atoms with E-state index in [1.165, 1.54) is 0 Å². The Morgan fingerprint density at radius 1 is 1.39 bits per heavy atom. The maximum atomic E-state index is 10.1. The molecule has 1 saturated heterocycles. The highest BCUT2D eigenvalue weighted by atomic mass is 32.2. The molecule has 0 radical (unpaired) electrons. The van der Waals surface area contributed by atoms with Crippen LogP contribution in [0, 0.1) is 0 Å². The number of aromatic nitrogens is 2. The molecule has 0 bridgehead atoms. The van der Waals surface area contributed by atoms with Crippen molar-refractivity contribution in [3.63, 3.8) is 0 Å². The Hall–Kier alpha value is -1.73. The predicted molar refractivity (Wildman–Crippen MR) is 92.9 cm³/mol. The molecule has 2 aromatic rings. The molecule has 0 aromatic carbocycles. The Morgan fingerprint density at radius 3 is 2.96 bits per heavy atom. The lowest BCUT2D eigenvalue weighted by atomic mass is 10.1. The lowest BCUT2D eigenvalue weighted by molar-refractivity contribution is 0.136. The van der Waals surface area contributed by atoms with Gasteiger partial charge in [-0.1, -0.05) is 0 Å². The number of nitrogens with zero attached hydrogens (tertiary/aromatic N) is 3. The summed E-state index contributed by atoms with van der Waals surface area (Å²) in [6.07, 6.45) is 3.10. The Morgan fingerprint density at radius 2 is 2.22 bits per heavy atom. The number of nitrogens with one attached hydrogen (secondary N) is 1. The van der Waals surface area contributed by atoms with Crippen molar-refractivity contribution >= 4 is 23.4 Å². The predicted octanol–water partition coefficient (Wildman–Crippen LogP) is 2.55. The summed E-state index contributed by atoms with van der Waals surface area (Å²) in [6.45, 7) is 4.06. The summed E-state index contributed by atoms with van der Waals surface area (Å²) in [7, 11) is 0. The van der Waals surface area contributed by atoms with E-state index in [4.69, 9.17) is 4.42 Å². The summed E-state index contributed by atoms with van der Waals surface area (Å²) >= 11 is 1.98. The van der Waals surface area contributed by atoms with E-state index in [0.717, 1.165) is 36.2 Å². The van der Waals surface area contributed by atoms with Crippen molar-refractivity contribution in [1.29, 1.82) is 0 Å². The summed E-state index contributed by atoms with van der Waals surface area (Å²) in [5, 5.41) is 13.5. The van der Waals surface area contributed by atoms with Crippen molar-refractivity contribution in [3.05, 3.63) is 36.5 Å². The minimum absolute atomic E-state index is 0.0646. The van der Waals surface area contributed by atoms with Crippen LogP contribution in [0.4, 0.5) is 11.6 Å². The van der Waals surface area contributed by atoms with Gasteiger partial charge in [0.1, 0.15) is 29.8 Å². The molecule has 1 fully saturated rings. The third-order valence-corrected chi connectivity index (χ3v) is 4.77. The second-order valence-corrected chi connectivity index (χ2v) is 6.90. The van der Waals surface area contributed by atoms with Crippen LogP contribution in [-0.2, 0) is 0 Å². The number of aliphatic hydroxyl groups is 1. The average Bonchev–Trinajstić information content (AvgIpc) is 3.10. The molecule has 0 amide bonds. The SMILES string of the molecule is CC(CC(O)c1ccco1)Nc1cc(N2CCSCC2)ncn1. The molecule has 3 rings (SSSR count). The van der Waals surface area contributed by atoms with E-state index in [9.17, 15) is 5.11 Å². The lowest BCUT2D eigenvalue weighted by Gasteiger charge is -2.27. The van der Waals surface area contributed by atoms with Crippen molar-refractivity contribution in [3.8, 4) is 0 Å². The number of aliphatic hydroxyl groups excluding tert-OH is 1. The molecular formula is C16H22N4O2S. The summed E-state index contributed by atoms with van der Waals surface area (Å²) in [6, 6.07) is 5.61. The molecule has 2 N–H and O–H groups in total. The fraction of sp³-hybridized carbons (Fsp3) is 0.500. The smallest absolute Gasteiger partial charge is 0.134 e. The highest BCUT2D eigenvalue weighted by Gasteiger charge is 2.16. The number of rotatable bonds is 6. The van der Waals surface area contributed by atoms with Gasteiger partial charge in [0.2, 0.25) is 0 Å². The van der Waals surface area contributed by atoms with Gasteiger partial charge in [-0.3, -0.25) is 0 Å². The highest BCUT2D eigenvalue weighted by Crippen LogP contribution is 2.22. The molecule has 0 aliphatic carbocycles. The van der Waals surface area contributed by atoms with Crippen LogP contribution >= 0.6 is 11.8 Å². The number of hydrogen-bond acceptors (Lipinski definition) is 7. The van der Waals surface area contributed by atoms with E-state index in [1.54, 1.807) is 24.7 Å². The van der Waals surface area contributed by atoms with Crippen LogP contribution in [0.15, 0.2) is 35.2 Å². The first kappa shape index (κ1) is 16.1. The van der Waals surface area contributed by atoms with Gasteiger partial charge in [0.05, 0.1) is 6.26 Å². The summed E-state index contributed by atoms with van der Waals surface area (Å²) in [5.41, 5.74) is 0. The fourth-order valence-electron chi connectivity index (χ4n) is 2.63. The molecule has 0 saturated carbocycles. The minimum atomic E-state index is -0.618. The number of furan rings is 1. The maximum absolute atomic E-state index is 10.1. The topological polar surface area (TPSA) is 74.4 Å². The Labute approximate surface area is 140 Å². The van der Waals surface area contributed by atoms with E-state index < -0.39 is 6.10 Å². The van der Waals surface area contributed by atoms with Gasteiger partial charge in [0, 0.05) is 43.1 Å². The third kappa shape index (κ3) is 4.39. The standard InChI is InChI=1S/C16H22N4O2S/c1-12(9-13(21)14-3-2-6-22-14)19-15-10-16(18-11-17-15)20-4-7-23-8-5-20/h2-3,6,10-13,21H,4-5,7-9H2,1H3,(H,17,18,19). The van der Waals surface area contributed by atoms with Crippen LogP contribution in [-0.4, -0.2) is 45.7 Å². The molecule has 2 atom stereocenters. The largest absolute Gasteiger partial charge is 0.467 e. The molecule has 124 valence electrons. The first-order valence-corrected chi connectivity index (χ1v) is 9.00. The molecule has 1 aliphatic heterocycles. The summed E-state index contributed by atoms with van der Waals surface area (Å²) in [4.78, 5) is 10.9. The van der Waals surface area contributed by atoms with Crippen LogP contribution in [0.3, 0.4) is 0 Å². The molecule has 1 aliphatic rings. The second kappa shape index (κ2) is 7.70. The van der Waals surface area contributed by atoms with Crippen LogP contribution in [0.5, 0.6) is 0 Å². The Kier molecular flexibility index (Phi) is 5.40. The van der Waals surface area contributed by atoms with Crippen LogP contribution in [0.2, 0.25) is 0 Å². The van der Waals surface area contributed by atoms with Crippen molar-refractivity contribution < 1.29 is 9.52 Å². The van der Waals surface area contributed by atoms with Gasteiger partial charge in [0.15, 0.2) is 0 Å². The van der Waals surface area contributed by atoms with Crippen molar-refractivity contribution in [2.24, 2.45) is 0 Å². The first-order valence-electron chi connectivity index (χ1n) is 7.85. The average molecular weight is 334 g/mol. The highest BCUT2D eigenvalue weighted by molar-refractivity contribution is 7.99. The van der Waals surface area contributed by atoms with Gasteiger partial charge in [-0.15, -0.1) is 0 Å². The van der Waals surface area contributed by atoms with Crippen LogP contribution < -0.4 is 10.2 Å². The quantitative estimate of drug-likeness (QED) is 0.841. The molecular weight excluding hydrogens is 312 g/mol. The maximum Gasteiger partial charge on any atom is 0.134 e. The molecule has 2 aromatic heterocycles. The van der Waals surface area contributed by atoms with E-state index in [0.29, 0.717) is 12.2 Å². The van der Waals surface area contributed by atoms with Crippen molar-refractivity contribution in [2.45, 2.75) is 25.5 Å². The molecule has 3 heterocycles. The first-order chi connectivity index (χ1) is 11.2. The Balaban J connectivity index is 1.58. The monoisotopic (exact) mass is 334 g/mol. The van der Waals surface area contributed by atoms with Gasteiger partial charge >= 0.3 is 0 Å². The van der Waals surface area contributed by atoms with Crippen LogP contribution in [0.25, 0.3) is 0 Å². The second-order valence-electron chi connectivity index (χ2n) is 5.67. The van der Waals surface area contributed by atoms with E-state index in [-0.39, 0.29) is 6.04 Å². The summed E-state index contributed by atoms with van der Waals surface area (Å²) < 4.78 is 5.23. The van der Waals surface area contributed by atoms with Gasteiger partial charge in [-0.2, -0.15) is 11.8 Å². The van der Waals surface area contributed by atoms with Gasteiger partial charge in [0.25, 0.3) is 0 Å². The molecule has 6 nitrogen and oxygen atoms in total. The van der Waals surface area contributed by atoms with Crippen molar-refractivity contribution in [2.75, 3.05) is 34.8 Å². The van der Waals surface area contributed by atoms with Crippen molar-refractivity contribution in [1.82, 2.24) is 9.97 Å². The Bertz CT molecular complexity index is 602. The van der Waals surface area contributed by atoms with Crippen LogP contribution in [0.1, 0.15) is 25.2 Å². The number of hydrogen-bond donors (Lipinski definition) is 2. The van der Waals surface area contributed by atoms with E-state index in [1.807, 2.05) is 24.8 Å². The van der Waals surface area contributed by atoms with Gasteiger partial charge in [-0.05, 0) is 19.1 Å². The minimum Gasteiger partial charge on any atom is -0.467 e. The molecule has 0 spiro atoms. The molecule has 7 heteroatoms. The van der Waals surface area contributed by atoms with E-state index in [2.05, 4.69) is 20.2 Å². The lowest BCUT2D eigenvalue weighted by Crippen LogP contribution is -2.33. The zero-order chi connectivity index (χ0) is 16.1. The number of thioether (sulfide) groups is 1. The zero-order valence-electron chi connectivity index (χ0n) is 13.2. The molecule has 23 heavy (non-hydrogen) atoms. The number of anilines is 2. The summed E-state index contributed by atoms with van der Waals surface area (Å²) in [5.74, 6) is 4.61. The van der Waals surface area contributed by atoms with Gasteiger partial charge < -0.3 is 19.7 Å². The third-order valence-electron chi connectivity index (χ3n) is 3.83. The fourth-order valence-corrected chi connectivity index (χ4v) is 3.54.